The fraction of sp³-hybridized carbons (Fsp3) is 0.500. The average Bonchev–Trinajstić information content (AvgIpc) is 2.43. The Hall–Kier alpha value is -1.60. The molecule has 0 radical (unpaired) electrons. The van der Waals surface area contributed by atoms with E-state index >= 15 is 0 Å². The van der Waals surface area contributed by atoms with Crippen molar-refractivity contribution in [2.75, 3.05) is 19.1 Å². The Morgan fingerprint density at radius 2 is 2.10 bits per heavy atom. The van der Waals surface area contributed by atoms with Gasteiger partial charge in [0.1, 0.15) is 15.6 Å². The molecule has 0 spiro atoms. The lowest BCUT2D eigenvalue weighted by atomic mass is 10.1. The summed E-state index contributed by atoms with van der Waals surface area (Å²) in [7, 11) is -1.55. The van der Waals surface area contributed by atoms with Crippen molar-refractivity contribution in [3.05, 3.63) is 29.8 Å². The van der Waals surface area contributed by atoms with Crippen LogP contribution >= 0.6 is 0 Å². The quantitative estimate of drug-likeness (QED) is 0.769. The topological polar surface area (TPSA) is 98.5 Å². The van der Waals surface area contributed by atoms with Crippen LogP contribution in [0.5, 0.6) is 5.75 Å². The Balaban J connectivity index is 2.60. The number of nitrogens with one attached hydrogen (secondary N) is 1. The number of nitrogens with two attached hydrogens (primary N) is 1. The number of ether oxygens (including phenoxy) is 1. The second kappa shape index (κ2) is 7.42. The van der Waals surface area contributed by atoms with Crippen molar-refractivity contribution in [3.8, 4) is 5.75 Å². The summed E-state index contributed by atoms with van der Waals surface area (Å²) in [6.07, 6.45) is 1.23. The third-order valence-corrected chi connectivity index (χ3v) is 4.07. The summed E-state index contributed by atoms with van der Waals surface area (Å²) in [5.74, 6) is 0.235. The second-order valence-corrected chi connectivity index (χ2v) is 7.29. The summed E-state index contributed by atoms with van der Waals surface area (Å²) in [5.41, 5.74) is 6.59. The normalized spacial score (nSPS) is 14.3. The summed E-state index contributed by atoms with van der Waals surface area (Å²) in [6.45, 7) is 1.83. The minimum absolute atomic E-state index is 0.102. The molecule has 2 atom stereocenters. The monoisotopic (exact) mass is 314 g/mol. The Morgan fingerprint density at radius 1 is 1.43 bits per heavy atom. The van der Waals surface area contributed by atoms with Gasteiger partial charge < -0.3 is 15.8 Å². The van der Waals surface area contributed by atoms with E-state index in [1.165, 1.54) is 0 Å². The summed E-state index contributed by atoms with van der Waals surface area (Å²) in [4.78, 5) is 11.9. The maximum absolute atomic E-state index is 11.9. The van der Waals surface area contributed by atoms with Crippen LogP contribution in [0, 0.1) is 0 Å². The van der Waals surface area contributed by atoms with Gasteiger partial charge >= 0.3 is 0 Å². The minimum atomic E-state index is -3.12. The van der Waals surface area contributed by atoms with Crippen molar-refractivity contribution in [1.82, 2.24) is 5.32 Å². The average molecular weight is 314 g/mol. The van der Waals surface area contributed by atoms with Crippen LogP contribution in [0.3, 0.4) is 0 Å². The fourth-order valence-electron chi connectivity index (χ4n) is 1.79. The van der Waals surface area contributed by atoms with Gasteiger partial charge in [0, 0.05) is 6.26 Å². The molecule has 1 unspecified atom stereocenters. The van der Waals surface area contributed by atoms with Gasteiger partial charge in [0.15, 0.2) is 0 Å². The van der Waals surface area contributed by atoms with Crippen molar-refractivity contribution in [1.29, 1.82) is 0 Å². The summed E-state index contributed by atoms with van der Waals surface area (Å²) in [5, 5.41) is 2.77. The van der Waals surface area contributed by atoms with Crippen molar-refractivity contribution in [2.24, 2.45) is 5.73 Å². The highest BCUT2D eigenvalue weighted by Gasteiger charge is 2.18. The van der Waals surface area contributed by atoms with Crippen molar-refractivity contribution in [2.45, 2.75) is 25.4 Å². The van der Waals surface area contributed by atoms with Crippen LogP contribution in [0.2, 0.25) is 0 Å². The van der Waals surface area contributed by atoms with E-state index in [0.29, 0.717) is 5.75 Å². The Labute approximate surface area is 125 Å². The second-order valence-electron chi connectivity index (χ2n) is 5.03. The maximum Gasteiger partial charge on any atom is 0.237 e. The van der Waals surface area contributed by atoms with Gasteiger partial charge in [-0.25, -0.2) is 8.42 Å². The standard InChI is InChI=1S/C14H22N2O4S/c1-10(11-5-4-6-12(9-11)20-2)16-14(17)13(15)7-8-21(3,18)19/h4-6,9-10,13H,7-8,15H2,1-3H3,(H,16,17)/t10-,13?/m0/s1. The molecule has 21 heavy (non-hydrogen) atoms. The fourth-order valence-corrected chi connectivity index (χ4v) is 2.47. The number of rotatable bonds is 7. The third-order valence-electron chi connectivity index (χ3n) is 3.09. The summed E-state index contributed by atoms with van der Waals surface area (Å²) >= 11 is 0. The van der Waals surface area contributed by atoms with E-state index in [1.54, 1.807) is 7.11 Å². The van der Waals surface area contributed by atoms with Crippen molar-refractivity contribution < 1.29 is 17.9 Å². The van der Waals surface area contributed by atoms with Gasteiger partial charge in [0.05, 0.1) is 24.9 Å². The van der Waals surface area contributed by atoms with Crippen molar-refractivity contribution in [3.63, 3.8) is 0 Å². The number of hydrogen-bond acceptors (Lipinski definition) is 5. The smallest absolute Gasteiger partial charge is 0.237 e. The Bertz CT molecular complexity index is 586. The number of methoxy groups -OCH3 is 1. The van der Waals surface area contributed by atoms with E-state index in [4.69, 9.17) is 10.5 Å². The van der Waals surface area contributed by atoms with E-state index in [9.17, 15) is 13.2 Å². The van der Waals surface area contributed by atoms with E-state index in [1.807, 2.05) is 31.2 Å². The zero-order chi connectivity index (χ0) is 16.0. The number of sulfone groups is 1. The lowest BCUT2D eigenvalue weighted by Gasteiger charge is -2.18. The molecule has 3 N–H and O–H groups in total. The summed E-state index contributed by atoms with van der Waals surface area (Å²) in [6, 6.07) is 6.27. The predicted molar refractivity (Wildman–Crippen MR) is 81.9 cm³/mol. The van der Waals surface area contributed by atoms with Gasteiger partial charge in [-0.05, 0) is 31.0 Å². The molecular formula is C14H22N2O4S. The molecule has 0 fully saturated rings. The van der Waals surface area contributed by atoms with Gasteiger partial charge in [0.2, 0.25) is 5.91 Å². The molecule has 6 nitrogen and oxygen atoms in total. The van der Waals surface area contributed by atoms with Crippen LogP contribution < -0.4 is 15.8 Å². The van der Waals surface area contributed by atoms with Crippen LogP contribution in [0.25, 0.3) is 0 Å². The van der Waals surface area contributed by atoms with E-state index in [0.717, 1.165) is 11.8 Å². The molecule has 1 rings (SSSR count). The molecule has 0 saturated heterocycles. The van der Waals surface area contributed by atoms with E-state index < -0.39 is 15.9 Å². The highest BCUT2D eigenvalue weighted by molar-refractivity contribution is 7.90. The molecule has 1 amide bonds. The first-order chi connectivity index (χ1) is 9.73. The first-order valence-corrected chi connectivity index (χ1v) is 8.66. The third kappa shape index (κ3) is 6.14. The molecule has 0 aliphatic heterocycles. The molecule has 118 valence electrons. The molecule has 0 aliphatic rings. The van der Waals surface area contributed by atoms with Gasteiger partial charge in [-0.15, -0.1) is 0 Å². The van der Waals surface area contributed by atoms with Crippen molar-refractivity contribution >= 4 is 15.7 Å². The van der Waals surface area contributed by atoms with Gasteiger partial charge in [0.25, 0.3) is 0 Å². The van der Waals surface area contributed by atoms with Crippen LogP contribution in [0.1, 0.15) is 24.9 Å². The molecule has 1 aromatic carbocycles. The molecule has 7 heteroatoms. The van der Waals surface area contributed by atoms with Gasteiger partial charge in [-0.2, -0.15) is 0 Å². The van der Waals surface area contributed by atoms with Gasteiger partial charge in [-0.1, -0.05) is 12.1 Å². The molecule has 0 heterocycles. The number of benzene rings is 1. The van der Waals surface area contributed by atoms with Crippen LogP contribution in [-0.4, -0.2) is 39.5 Å². The van der Waals surface area contributed by atoms with E-state index in [-0.39, 0.29) is 24.1 Å². The Morgan fingerprint density at radius 3 is 2.67 bits per heavy atom. The molecule has 0 bridgehead atoms. The first-order valence-electron chi connectivity index (χ1n) is 6.60. The molecular weight excluding hydrogens is 292 g/mol. The minimum Gasteiger partial charge on any atom is -0.497 e. The highest BCUT2D eigenvalue weighted by Crippen LogP contribution is 2.18. The lowest BCUT2D eigenvalue weighted by Crippen LogP contribution is -2.42. The summed E-state index contributed by atoms with van der Waals surface area (Å²) < 4.78 is 27.3. The number of carbonyl (C=O) groups excluding carboxylic acids is 1. The molecule has 0 aliphatic carbocycles. The largest absolute Gasteiger partial charge is 0.497 e. The Kier molecular flexibility index (Phi) is 6.17. The van der Waals surface area contributed by atoms with Crippen LogP contribution in [0.15, 0.2) is 24.3 Å². The maximum atomic E-state index is 11.9. The van der Waals surface area contributed by atoms with Crippen LogP contribution in [0.4, 0.5) is 0 Å². The molecule has 0 saturated carbocycles. The highest BCUT2D eigenvalue weighted by atomic mass is 32.2. The van der Waals surface area contributed by atoms with Crippen LogP contribution in [-0.2, 0) is 14.6 Å². The van der Waals surface area contributed by atoms with E-state index in [2.05, 4.69) is 5.32 Å². The SMILES string of the molecule is COc1cccc([C@H](C)NC(=O)C(N)CCS(C)(=O)=O)c1. The molecule has 1 aromatic rings. The number of hydrogen-bond donors (Lipinski definition) is 2. The zero-order valence-corrected chi connectivity index (χ0v) is 13.3. The van der Waals surface area contributed by atoms with Gasteiger partial charge in [-0.3, -0.25) is 4.79 Å². The zero-order valence-electron chi connectivity index (χ0n) is 12.5. The predicted octanol–water partition coefficient (Wildman–Crippen LogP) is 0.634. The number of carbonyl (C=O) groups is 1. The molecule has 0 aromatic heterocycles. The number of amides is 1. The lowest BCUT2D eigenvalue weighted by molar-refractivity contribution is -0.123. The first kappa shape index (κ1) is 17.5.